The van der Waals surface area contributed by atoms with Crippen molar-refractivity contribution in [3.8, 4) is 0 Å². The molecular weight excluding hydrogens is 599 g/mol. The molecule has 0 aliphatic rings. The van der Waals surface area contributed by atoms with E-state index in [1.54, 1.807) is 0 Å². The summed E-state index contributed by atoms with van der Waals surface area (Å²) in [5.74, 6) is 0. The van der Waals surface area contributed by atoms with Gasteiger partial charge in [0.05, 0.1) is 26.4 Å². The number of nitrogens with one attached hydrogen (secondary N) is 2. The van der Waals surface area contributed by atoms with Gasteiger partial charge in [-0.25, -0.2) is 9.97 Å². The largest absolute Gasteiger partial charge is 1.00 e. The van der Waals surface area contributed by atoms with E-state index in [2.05, 4.69) is 9.97 Å². The molecule has 0 bridgehead atoms. The first kappa shape index (κ1) is 38.3. The maximum atomic E-state index is 9.05. The van der Waals surface area contributed by atoms with E-state index in [0.29, 0.717) is 26.2 Å². The molecule has 0 atom stereocenters. The Morgan fingerprint density at radius 1 is 0.455 bits per heavy atom. The number of hydrogen-bond donors (Lipinski definition) is 4. The Morgan fingerprint density at radius 3 is 1.07 bits per heavy atom. The van der Waals surface area contributed by atoms with E-state index < -0.39 is 0 Å². The van der Waals surface area contributed by atoms with Crippen LogP contribution in [0.5, 0.6) is 0 Å². The Bertz CT molecular complexity index is 1210. The summed E-state index contributed by atoms with van der Waals surface area (Å²) >= 11 is 0. The smallest absolute Gasteiger partial charge is 0.203 e. The average molecular weight is 642 g/mol. The van der Waals surface area contributed by atoms with Gasteiger partial charge >= 0.3 is 0 Å². The Morgan fingerprint density at radius 2 is 0.795 bits per heavy atom. The number of nitrogens with zero attached hydrogens (tertiary/aromatic N) is 2. The van der Waals surface area contributed by atoms with Crippen LogP contribution in [0.4, 0.5) is 11.4 Å². The lowest BCUT2D eigenvalue weighted by molar-refractivity contribution is -0.381. The second kappa shape index (κ2) is 22.7. The van der Waals surface area contributed by atoms with Crippen molar-refractivity contribution < 1.29 is 55.2 Å². The third-order valence-corrected chi connectivity index (χ3v) is 6.37. The number of H-pyrrole nitrogens is 2. The van der Waals surface area contributed by atoms with Gasteiger partial charge in [0.2, 0.25) is 11.4 Å². The summed E-state index contributed by atoms with van der Waals surface area (Å²) in [5, 5.41) is 36.2. The van der Waals surface area contributed by atoms with E-state index in [4.69, 9.17) is 20.4 Å². The molecule has 0 amide bonds. The van der Waals surface area contributed by atoms with Crippen molar-refractivity contribution in [2.24, 2.45) is 0 Å². The first-order chi connectivity index (χ1) is 20.7. The van der Waals surface area contributed by atoms with Gasteiger partial charge in [0, 0.05) is 74.0 Å². The van der Waals surface area contributed by atoms with Gasteiger partial charge < -0.3 is 55.0 Å². The van der Waals surface area contributed by atoms with E-state index in [-0.39, 0.29) is 51.2 Å². The highest BCUT2D eigenvalue weighted by Crippen LogP contribution is 2.17. The minimum Gasteiger partial charge on any atom is -1.00 e. The summed E-state index contributed by atoms with van der Waals surface area (Å²) < 4.78 is 0. The van der Waals surface area contributed by atoms with Crippen molar-refractivity contribution in [1.82, 2.24) is 0 Å². The zero-order valence-corrected chi connectivity index (χ0v) is 26.2. The fraction of sp³-hybridized carbons (Fsp3) is 0.235. The van der Waals surface area contributed by atoms with Gasteiger partial charge in [-0.15, -0.1) is 0 Å². The van der Waals surface area contributed by atoms with E-state index in [1.807, 2.05) is 131 Å². The number of aliphatic hydroxyl groups is 4. The first-order valence-corrected chi connectivity index (χ1v) is 14.1. The van der Waals surface area contributed by atoms with Crippen molar-refractivity contribution in [3.63, 3.8) is 0 Å². The number of aromatic amines is 2. The van der Waals surface area contributed by atoms with Crippen LogP contribution in [-0.2, 0) is 0 Å². The monoisotopic (exact) mass is 640 g/mol. The summed E-state index contributed by atoms with van der Waals surface area (Å²) in [6, 6.07) is 28.0. The summed E-state index contributed by atoms with van der Waals surface area (Å²) in [6.07, 6.45) is 11.9. The Balaban J connectivity index is 0.000000421. The maximum Gasteiger partial charge on any atom is 0.203 e. The molecule has 4 rings (SSSR count). The molecule has 2 heterocycles. The van der Waals surface area contributed by atoms with Gasteiger partial charge in [-0.05, 0) is 59.7 Å². The quantitative estimate of drug-likeness (QED) is 0.116. The van der Waals surface area contributed by atoms with Gasteiger partial charge in [-0.1, -0.05) is 24.3 Å². The standard InChI is InChI=1S/2C17H20N2O2.2ClH/c2*20-13-11-19(12-14-21)17-8-5-15(6-9-17)4-7-16-3-1-2-10-18-16;;/h2*1-10,20-21H,11-14H2;2*1H. The Hall–Kier alpha value is -3.76. The second-order valence-corrected chi connectivity index (χ2v) is 9.35. The maximum absolute atomic E-state index is 9.05. The van der Waals surface area contributed by atoms with E-state index in [1.165, 1.54) is 0 Å². The van der Waals surface area contributed by atoms with E-state index in [9.17, 15) is 0 Å². The number of anilines is 2. The van der Waals surface area contributed by atoms with Crippen molar-refractivity contribution >= 4 is 35.7 Å². The summed E-state index contributed by atoms with van der Waals surface area (Å²) in [4.78, 5) is 10.2. The van der Waals surface area contributed by atoms with Crippen LogP contribution in [0.2, 0.25) is 0 Å². The molecule has 0 saturated heterocycles. The minimum atomic E-state index is 0. The van der Waals surface area contributed by atoms with Gasteiger partial charge in [0.1, 0.15) is 0 Å². The van der Waals surface area contributed by atoms with Crippen LogP contribution in [0.1, 0.15) is 22.5 Å². The molecule has 0 saturated carbocycles. The highest BCUT2D eigenvalue weighted by molar-refractivity contribution is 5.69. The van der Waals surface area contributed by atoms with E-state index in [0.717, 1.165) is 33.9 Å². The molecule has 44 heavy (non-hydrogen) atoms. The number of aliphatic hydroxyl groups excluding tert-OH is 4. The van der Waals surface area contributed by atoms with Crippen LogP contribution in [0.15, 0.2) is 97.3 Å². The highest BCUT2D eigenvalue weighted by Gasteiger charge is 2.06. The normalized spacial score (nSPS) is 10.5. The molecule has 0 radical (unpaired) electrons. The molecule has 0 spiro atoms. The van der Waals surface area contributed by atoms with Gasteiger partial charge in [-0.2, -0.15) is 0 Å². The molecule has 4 aromatic rings. The van der Waals surface area contributed by atoms with Crippen LogP contribution in [-0.4, -0.2) is 73.0 Å². The SMILES string of the molecule is OCCN(CCO)c1ccc(C=Cc2cccc[nH+]2)cc1.OCCN(CCO)c1ccc(C=Cc2cccc[nH+]2)cc1.[Cl-].[Cl-]. The number of rotatable bonds is 14. The summed E-state index contributed by atoms with van der Waals surface area (Å²) in [7, 11) is 0. The topological polar surface area (TPSA) is 116 Å². The van der Waals surface area contributed by atoms with Gasteiger partial charge in [-0.3, -0.25) is 0 Å². The highest BCUT2D eigenvalue weighted by atomic mass is 35.5. The number of hydrogen-bond acceptors (Lipinski definition) is 6. The first-order valence-electron chi connectivity index (χ1n) is 14.1. The zero-order chi connectivity index (χ0) is 29.8. The number of halogens is 2. The number of benzene rings is 2. The van der Waals surface area contributed by atoms with Crippen LogP contribution in [0, 0.1) is 0 Å². The predicted molar refractivity (Wildman–Crippen MR) is 170 cm³/mol. The lowest BCUT2D eigenvalue weighted by Crippen LogP contribution is -3.00. The Kier molecular flexibility index (Phi) is 19.8. The summed E-state index contributed by atoms with van der Waals surface area (Å²) in [5.41, 5.74) is 6.29. The van der Waals surface area contributed by atoms with Crippen LogP contribution in [0.25, 0.3) is 24.3 Å². The van der Waals surface area contributed by atoms with Crippen molar-refractivity contribution in [2.75, 3.05) is 62.4 Å². The molecule has 236 valence electrons. The molecular formula is C34H42Cl2N4O4. The van der Waals surface area contributed by atoms with Gasteiger partial charge in [0.25, 0.3) is 0 Å². The fourth-order valence-electron chi connectivity index (χ4n) is 4.21. The molecule has 8 nitrogen and oxygen atoms in total. The van der Waals surface area contributed by atoms with Crippen molar-refractivity contribution in [1.29, 1.82) is 0 Å². The fourth-order valence-corrected chi connectivity index (χ4v) is 4.21. The molecule has 0 unspecified atom stereocenters. The van der Waals surface area contributed by atoms with Crippen molar-refractivity contribution in [2.45, 2.75) is 0 Å². The molecule has 0 aliphatic heterocycles. The predicted octanol–water partition coefficient (Wildman–Crippen LogP) is -3.07. The number of pyridine rings is 2. The average Bonchev–Trinajstić information content (AvgIpc) is 3.04. The lowest BCUT2D eigenvalue weighted by atomic mass is 10.1. The molecule has 2 aromatic heterocycles. The molecule has 6 N–H and O–H groups in total. The zero-order valence-electron chi connectivity index (χ0n) is 24.6. The summed E-state index contributed by atoms with van der Waals surface area (Å²) in [6.45, 7) is 2.39. The number of aromatic nitrogens is 2. The van der Waals surface area contributed by atoms with Crippen LogP contribution in [0.3, 0.4) is 0 Å². The second-order valence-electron chi connectivity index (χ2n) is 9.35. The van der Waals surface area contributed by atoms with Crippen LogP contribution < -0.4 is 44.6 Å². The van der Waals surface area contributed by atoms with E-state index >= 15 is 0 Å². The molecule has 10 heteroatoms. The third kappa shape index (κ3) is 13.7. The molecule has 0 aliphatic carbocycles. The van der Waals surface area contributed by atoms with Crippen LogP contribution >= 0.6 is 0 Å². The Labute approximate surface area is 272 Å². The lowest BCUT2D eigenvalue weighted by Gasteiger charge is -2.22. The van der Waals surface area contributed by atoms with Crippen molar-refractivity contribution in [3.05, 3.63) is 120 Å². The minimum absolute atomic E-state index is 0. The van der Waals surface area contributed by atoms with Gasteiger partial charge in [0.15, 0.2) is 12.4 Å². The molecule has 2 aromatic carbocycles. The third-order valence-electron chi connectivity index (χ3n) is 6.37. The molecule has 0 fully saturated rings.